The number of methoxy groups -OCH3 is 1. The van der Waals surface area contributed by atoms with Gasteiger partial charge in [-0.05, 0) is 20.8 Å². The van der Waals surface area contributed by atoms with Crippen molar-refractivity contribution in [1.82, 2.24) is 4.90 Å². The van der Waals surface area contributed by atoms with Crippen molar-refractivity contribution in [2.24, 2.45) is 0 Å². The molecule has 0 fully saturated rings. The highest BCUT2D eigenvalue weighted by molar-refractivity contribution is 5.80. The van der Waals surface area contributed by atoms with Crippen molar-refractivity contribution in [3.8, 4) is 0 Å². The first-order valence-corrected chi connectivity index (χ1v) is 4.86. The van der Waals surface area contributed by atoms with E-state index < -0.39 is 23.7 Å². The molecule has 0 saturated heterocycles. The van der Waals surface area contributed by atoms with Crippen LogP contribution in [0.1, 0.15) is 20.8 Å². The third-order valence-electron chi connectivity index (χ3n) is 1.76. The summed E-state index contributed by atoms with van der Waals surface area (Å²) in [5, 5.41) is 8.89. The van der Waals surface area contributed by atoms with Gasteiger partial charge in [-0.15, -0.1) is 0 Å². The van der Waals surface area contributed by atoms with Gasteiger partial charge in [-0.25, -0.2) is 9.59 Å². The standard InChI is InChI=1S/C10H19NO5/c1-10(2,3)16-9(14)11(4)7(6-15-5)8(12)13/h7H,6H2,1-5H3,(H,12,13)/t7-/m1/s1. The first-order valence-electron chi connectivity index (χ1n) is 4.86. The summed E-state index contributed by atoms with van der Waals surface area (Å²) in [4.78, 5) is 23.4. The van der Waals surface area contributed by atoms with E-state index in [-0.39, 0.29) is 6.61 Å². The van der Waals surface area contributed by atoms with Crippen molar-refractivity contribution in [2.75, 3.05) is 20.8 Å². The van der Waals surface area contributed by atoms with Crippen LogP contribution in [-0.4, -0.2) is 54.5 Å². The summed E-state index contributed by atoms with van der Waals surface area (Å²) in [6, 6.07) is -1.04. The van der Waals surface area contributed by atoms with E-state index in [4.69, 9.17) is 14.6 Å². The number of rotatable bonds is 4. The molecule has 6 heteroatoms. The average Bonchev–Trinajstić information content (AvgIpc) is 2.09. The minimum absolute atomic E-state index is 0.0783. The molecule has 0 aliphatic carbocycles. The van der Waals surface area contributed by atoms with Crippen LogP contribution in [0.5, 0.6) is 0 Å². The van der Waals surface area contributed by atoms with Gasteiger partial charge in [0.25, 0.3) is 0 Å². The lowest BCUT2D eigenvalue weighted by molar-refractivity contribution is -0.144. The van der Waals surface area contributed by atoms with Gasteiger partial charge in [-0.2, -0.15) is 0 Å². The van der Waals surface area contributed by atoms with E-state index in [1.54, 1.807) is 20.8 Å². The number of carbonyl (C=O) groups is 2. The van der Waals surface area contributed by atoms with Gasteiger partial charge in [0.2, 0.25) is 0 Å². The van der Waals surface area contributed by atoms with E-state index in [9.17, 15) is 9.59 Å². The molecule has 0 aliphatic rings. The third kappa shape index (κ3) is 4.97. The van der Waals surface area contributed by atoms with E-state index in [0.29, 0.717) is 0 Å². The fraction of sp³-hybridized carbons (Fsp3) is 0.800. The molecule has 0 unspecified atom stereocenters. The summed E-state index contributed by atoms with van der Waals surface area (Å²) in [5.74, 6) is -1.13. The van der Waals surface area contributed by atoms with Crippen LogP contribution in [0.4, 0.5) is 4.79 Å². The highest BCUT2D eigenvalue weighted by Crippen LogP contribution is 2.11. The van der Waals surface area contributed by atoms with Crippen molar-refractivity contribution in [3.05, 3.63) is 0 Å². The Morgan fingerprint density at radius 2 is 1.88 bits per heavy atom. The molecule has 0 spiro atoms. The first-order chi connectivity index (χ1) is 7.19. The van der Waals surface area contributed by atoms with Crippen LogP contribution in [0.15, 0.2) is 0 Å². The van der Waals surface area contributed by atoms with Gasteiger partial charge < -0.3 is 14.6 Å². The van der Waals surface area contributed by atoms with Gasteiger partial charge in [0, 0.05) is 14.2 Å². The Balaban J connectivity index is 4.55. The maximum atomic E-state index is 11.6. The molecule has 0 heterocycles. The molecule has 1 N–H and O–H groups in total. The molecule has 94 valence electrons. The molecular formula is C10H19NO5. The number of aliphatic carboxylic acids is 1. The molecule has 1 atom stereocenters. The summed E-state index contributed by atoms with van der Waals surface area (Å²) in [5.41, 5.74) is -0.651. The predicted octanol–water partition coefficient (Wildman–Crippen LogP) is 0.953. The predicted molar refractivity (Wildman–Crippen MR) is 57.3 cm³/mol. The second kappa shape index (κ2) is 5.69. The fourth-order valence-electron chi connectivity index (χ4n) is 0.968. The van der Waals surface area contributed by atoms with Crippen LogP contribution in [0.25, 0.3) is 0 Å². The molecule has 0 saturated carbocycles. The van der Waals surface area contributed by atoms with Gasteiger partial charge >= 0.3 is 12.1 Å². The smallest absolute Gasteiger partial charge is 0.410 e. The molecule has 0 aliphatic heterocycles. The van der Waals surface area contributed by atoms with Crippen LogP contribution < -0.4 is 0 Å². The highest BCUT2D eigenvalue weighted by Gasteiger charge is 2.29. The number of likely N-dealkylation sites (N-methyl/N-ethyl adjacent to an activating group) is 1. The Morgan fingerprint density at radius 1 is 1.38 bits per heavy atom. The molecule has 0 radical (unpaired) electrons. The van der Waals surface area contributed by atoms with Crippen molar-refractivity contribution in [1.29, 1.82) is 0 Å². The number of hydrogen-bond acceptors (Lipinski definition) is 4. The van der Waals surface area contributed by atoms with Crippen LogP contribution in [0, 0.1) is 0 Å². The van der Waals surface area contributed by atoms with Gasteiger partial charge in [0.1, 0.15) is 5.60 Å². The molecule has 16 heavy (non-hydrogen) atoms. The van der Waals surface area contributed by atoms with Gasteiger partial charge in [0.05, 0.1) is 6.61 Å². The number of hydrogen-bond donors (Lipinski definition) is 1. The quantitative estimate of drug-likeness (QED) is 0.782. The largest absolute Gasteiger partial charge is 0.480 e. The summed E-state index contributed by atoms with van der Waals surface area (Å²) in [6.45, 7) is 5.06. The number of carboxylic acids is 1. The van der Waals surface area contributed by atoms with Crippen molar-refractivity contribution >= 4 is 12.1 Å². The van der Waals surface area contributed by atoms with Crippen LogP contribution in [0.3, 0.4) is 0 Å². The van der Waals surface area contributed by atoms with Gasteiger partial charge in [-0.1, -0.05) is 0 Å². The lowest BCUT2D eigenvalue weighted by Gasteiger charge is -2.28. The Kier molecular flexibility index (Phi) is 5.23. The number of amides is 1. The molecule has 0 aromatic rings. The molecule has 0 aromatic carbocycles. The summed E-state index contributed by atoms with van der Waals surface area (Å²) in [7, 11) is 2.74. The number of nitrogens with zero attached hydrogens (tertiary/aromatic N) is 1. The van der Waals surface area contributed by atoms with E-state index in [0.717, 1.165) is 4.90 Å². The molecule has 0 bridgehead atoms. The first kappa shape index (κ1) is 14.7. The summed E-state index contributed by atoms with van der Waals surface area (Å²) in [6.07, 6.45) is -0.683. The van der Waals surface area contributed by atoms with Crippen LogP contribution in [-0.2, 0) is 14.3 Å². The normalized spacial score (nSPS) is 13.1. The maximum Gasteiger partial charge on any atom is 0.410 e. The van der Waals surface area contributed by atoms with Gasteiger partial charge in [-0.3, -0.25) is 4.90 Å². The third-order valence-corrected chi connectivity index (χ3v) is 1.76. The zero-order valence-corrected chi connectivity index (χ0v) is 10.3. The molecule has 1 amide bonds. The molecule has 6 nitrogen and oxygen atoms in total. The van der Waals surface area contributed by atoms with Crippen molar-refractivity contribution in [3.63, 3.8) is 0 Å². The number of carbonyl (C=O) groups excluding carboxylic acids is 1. The Hall–Kier alpha value is -1.30. The Labute approximate surface area is 95.1 Å². The van der Waals surface area contributed by atoms with E-state index in [1.165, 1.54) is 14.2 Å². The maximum absolute atomic E-state index is 11.6. The molecular weight excluding hydrogens is 214 g/mol. The zero-order valence-electron chi connectivity index (χ0n) is 10.3. The fourth-order valence-corrected chi connectivity index (χ4v) is 0.968. The van der Waals surface area contributed by atoms with E-state index in [1.807, 2.05) is 0 Å². The average molecular weight is 233 g/mol. The SMILES string of the molecule is COC[C@H](C(=O)O)N(C)C(=O)OC(C)(C)C. The van der Waals surface area contributed by atoms with Gasteiger partial charge in [0.15, 0.2) is 6.04 Å². The van der Waals surface area contributed by atoms with Crippen molar-refractivity contribution < 1.29 is 24.2 Å². The second-order valence-electron chi connectivity index (χ2n) is 4.40. The Bertz CT molecular complexity index is 258. The topological polar surface area (TPSA) is 76.1 Å². The zero-order chi connectivity index (χ0) is 12.9. The minimum atomic E-state index is -1.13. The summed E-state index contributed by atoms with van der Waals surface area (Å²) < 4.78 is 9.78. The van der Waals surface area contributed by atoms with E-state index >= 15 is 0 Å². The minimum Gasteiger partial charge on any atom is -0.480 e. The monoisotopic (exact) mass is 233 g/mol. The number of ether oxygens (including phenoxy) is 2. The summed E-state index contributed by atoms with van der Waals surface area (Å²) >= 11 is 0. The Morgan fingerprint density at radius 3 is 2.19 bits per heavy atom. The lowest BCUT2D eigenvalue weighted by Crippen LogP contribution is -2.47. The van der Waals surface area contributed by atoms with Crippen LogP contribution >= 0.6 is 0 Å². The van der Waals surface area contributed by atoms with Crippen LogP contribution in [0.2, 0.25) is 0 Å². The second-order valence-corrected chi connectivity index (χ2v) is 4.40. The lowest BCUT2D eigenvalue weighted by atomic mass is 10.2. The highest BCUT2D eigenvalue weighted by atomic mass is 16.6. The number of carboxylic acid groups (broad SMARTS) is 1. The molecule has 0 rings (SSSR count). The molecule has 0 aromatic heterocycles. The van der Waals surface area contributed by atoms with Crippen molar-refractivity contribution in [2.45, 2.75) is 32.4 Å². The van der Waals surface area contributed by atoms with E-state index in [2.05, 4.69) is 0 Å².